The number of fused-ring (bicyclic) bond motifs is 1. The third-order valence-electron chi connectivity index (χ3n) is 2.50. The van der Waals surface area contributed by atoms with Gasteiger partial charge in [-0.2, -0.15) is 0 Å². The Balaban J connectivity index is 2.78. The van der Waals surface area contributed by atoms with Crippen LogP contribution in [0.15, 0.2) is 26.2 Å². The van der Waals surface area contributed by atoms with Crippen molar-refractivity contribution in [2.75, 3.05) is 0 Å². The van der Waals surface area contributed by atoms with Crippen LogP contribution in [0.4, 0.5) is 4.39 Å². The van der Waals surface area contributed by atoms with E-state index in [4.69, 9.17) is 16.0 Å². The molecular formula is C14H14ClFO2S. The van der Waals surface area contributed by atoms with Gasteiger partial charge in [-0.3, -0.25) is 0 Å². The molecule has 0 fully saturated rings. The molecule has 19 heavy (non-hydrogen) atoms. The van der Waals surface area contributed by atoms with Crippen LogP contribution in [0.3, 0.4) is 0 Å². The number of halogens is 2. The molecule has 102 valence electrons. The van der Waals surface area contributed by atoms with Crippen LogP contribution in [-0.4, -0.2) is 4.75 Å². The van der Waals surface area contributed by atoms with Gasteiger partial charge in [0.05, 0.1) is 4.90 Å². The van der Waals surface area contributed by atoms with Crippen LogP contribution in [0.1, 0.15) is 26.3 Å². The quantitative estimate of drug-likeness (QED) is 0.560. The first-order valence-electron chi connectivity index (χ1n) is 5.80. The minimum absolute atomic E-state index is 0.163. The van der Waals surface area contributed by atoms with Crippen LogP contribution >= 0.6 is 23.4 Å². The Bertz CT molecular complexity index is 701. The maximum Gasteiger partial charge on any atom is 0.336 e. The molecule has 0 radical (unpaired) electrons. The molecule has 1 heterocycles. The predicted octanol–water partition coefficient (Wildman–Crippen LogP) is 4.78. The highest BCUT2D eigenvalue weighted by atomic mass is 35.5. The molecule has 0 saturated carbocycles. The highest BCUT2D eigenvalue weighted by molar-refractivity contribution is 8.00. The highest BCUT2D eigenvalue weighted by Gasteiger charge is 2.21. The first-order valence-corrected chi connectivity index (χ1v) is 7.00. The fraction of sp³-hybridized carbons (Fsp3) is 0.357. The van der Waals surface area contributed by atoms with Crippen LogP contribution < -0.4 is 5.63 Å². The summed E-state index contributed by atoms with van der Waals surface area (Å²) in [4.78, 5) is 11.7. The van der Waals surface area contributed by atoms with E-state index in [2.05, 4.69) is 0 Å². The topological polar surface area (TPSA) is 30.2 Å². The van der Waals surface area contributed by atoms with E-state index < -0.39 is 11.4 Å². The van der Waals surface area contributed by atoms with Gasteiger partial charge in [0.1, 0.15) is 10.8 Å². The zero-order valence-electron chi connectivity index (χ0n) is 11.1. The summed E-state index contributed by atoms with van der Waals surface area (Å²) in [5.74, 6) is -0.394. The lowest BCUT2D eigenvalue weighted by atomic mass is 10.1. The largest absolute Gasteiger partial charge is 0.421 e. The van der Waals surface area contributed by atoms with Gasteiger partial charge in [-0.15, -0.1) is 11.8 Å². The van der Waals surface area contributed by atoms with Crippen molar-refractivity contribution >= 4 is 34.3 Å². The number of hydrogen-bond acceptors (Lipinski definition) is 3. The van der Waals surface area contributed by atoms with Gasteiger partial charge < -0.3 is 4.42 Å². The lowest BCUT2D eigenvalue weighted by Crippen LogP contribution is -2.08. The lowest BCUT2D eigenvalue weighted by molar-refractivity contribution is 0.553. The van der Waals surface area contributed by atoms with E-state index >= 15 is 0 Å². The van der Waals surface area contributed by atoms with Crippen LogP contribution in [-0.2, 0) is 0 Å². The summed E-state index contributed by atoms with van der Waals surface area (Å²) in [5, 5.41) is 0.691. The fourth-order valence-corrected chi connectivity index (χ4v) is 3.06. The monoisotopic (exact) mass is 300 g/mol. The van der Waals surface area contributed by atoms with Gasteiger partial charge in [0.25, 0.3) is 0 Å². The van der Waals surface area contributed by atoms with Crippen molar-refractivity contribution in [2.45, 2.75) is 37.3 Å². The molecule has 0 atom stereocenters. The number of aryl methyl sites for hydroxylation is 1. The smallest absolute Gasteiger partial charge is 0.336 e. The van der Waals surface area contributed by atoms with Gasteiger partial charge in [-0.1, -0.05) is 32.4 Å². The van der Waals surface area contributed by atoms with Crippen LogP contribution in [0.5, 0.6) is 0 Å². The first-order chi connectivity index (χ1) is 8.69. The summed E-state index contributed by atoms with van der Waals surface area (Å²) in [5.41, 5.74) is 0.421. The molecule has 0 spiro atoms. The van der Waals surface area contributed by atoms with E-state index in [0.717, 1.165) is 0 Å². The maximum atomic E-state index is 14.2. The third kappa shape index (κ3) is 2.95. The zero-order chi connectivity index (χ0) is 14.4. The molecule has 0 aliphatic heterocycles. The molecule has 5 heteroatoms. The third-order valence-corrected chi connectivity index (χ3v) is 4.19. The molecule has 0 aliphatic carbocycles. The molecule has 0 N–H and O–H groups in total. The average Bonchev–Trinajstić information content (AvgIpc) is 2.25. The van der Waals surface area contributed by atoms with Crippen LogP contribution in [0.2, 0.25) is 5.02 Å². The van der Waals surface area contributed by atoms with Crippen molar-refractivity contribution in [3.8, 4) is 0 Å². The van der Waals surface area contributed by atoms with Crippen molar-refractivity contribution in [1.29, 1.82) is 0 Å². The number of hydrogen-bond donors (Lipinski definition) is 0. The lowest BCUT2D eigenvalue weighted by Gasteiger charge is -2.19. The van der Waals surface area contributed by atoms with Gasteiger partial charge in [0.15, 0.2) is 5.58 Å². The second kappa shape index (κ2) is 4.84. The van der Waals surface area contributed by atoms with E-state index in [1.54, 1.807) is 6.92 Å². The Morgan fingerprint density at radius 1 is 1.32 bits per heavy atom. The molecule has 2 rings (SSSR count). The fourth-order valence-electron chi connectivity index (χ4n) is 1.76. The summed E-state index contributed by atoms with van der Waals surface area (Å²) in [6.07, 6.45) is 0. The Morgan fingerprint density at radius 3 is 2.53 bits per heavy atom. The summed E-state index contributed by atoms with van der Waals surface area (Å²) < 4.78 is 19.1. The van der Waals surface area contributed by atoms with Gasteiger partial charge in [0.2, 0.25) is 0 Å². The second-order valence-electron chi connectivity index (χ2n) is 5.34. The molecule has 0 unspecified atom stereocenters. The highest BCUT2D eigenvalue weighted by Crippen LogP contribution is 2.41. The minimum Gasteiger partial charge on any atom is -0.421 e. The number of rotatable bonds is 1. The van der Waals surface area contributed by atoms with Crippen molar-refractivity contribution < 1.29 is 8.81 Å². The van der Waals surface area contributed by atoms with E-state index in [0.29, 0.717) is 15.8 Å². The molecule has 2 aromatic rings. The molecule has 1 aromatic carbocycles. The summed E-state index contributed by atoms with van der Waals surface area (Å²) in [6, 6.07) is 2.70. The Hall–Kier alpha value is -1.00. The van der Waals surface area contributed by atoms with Crippen molar-refractivity contribution in [2.24, 2.45) is 0 Å². The van der Waals surface area contributed by atoms with Crippen molar-refractivity contribution in [3.63, 3.8) is 0 Å². The molecular weight excluding hydrogens is 287 g/mol. The van der Waals surface area contributed by atoms with E-state index in [1.807, 2.05) is 20.8 Å². The molecule has 0 bridgehead atoms. The number of benzene rings is 1. The summed E-state index contributed by atoms with van der Waals surface area (Å²) in [7, 11) is 0. The molecule has 0 amide bonds. The van der Waals surface area contributed by atoms with Gasteiger partial charge in [-0.25, -0.2) is 9.18 Å². The summed E-state index contributed by atoms with van der Waals surface area (Å²) >= 11 is 7.51. The van der Waals surface area contributed by atoms with Crippen molar-refractivity contribution in [3.05, 3.63) is 39.0 Å². The van der Waals surface area contributed by atoms with E-state index in [-0.39, 0.29) is 15.4 Å². The molecule has 2 nitrogen and oxygen atoms in total. The first kappa shape index (κ1) is 14.4. The zero-order valence-corrected chi connectivity index (χ0v) is 12.7. The number of thioether (sulfide) groups is 1. The Labute approximate surface area is 119 Å². The predicted molar refractivity (Wildman–Crippen MR) is 77.8 cm³/mol. The van der Waals surface area contributed by atoms with Crippen LogP contribution in [0, 0.1) is 12.7 Å². The normalized spacial score (nSPS) is 12.1. The van der Waals surface area contributed by atoms with E-state index in [1.165, 1.54) is 23.9 Å². The van der Waals surface area contributed by atoms with E-state index in [9.17, 15) is 9.18 Å². The van der Waals surface area contributed by atoms with Gasteiger partial charge in [-0.05, 0) is 18.6 Å². The second-order valence-corrected chi connectivity index (χ2v) is 7.56. The minimum atomic E-state index is -0.481. The Morgan fingerprint density at radius 2 is 1.95 bits per heavy atom. The molecule has 0 aliphatic rings. The standard InChI is InChI=1S/C14H14ClFO2S/c1-7-5-10(17)18-12-8(7)6-9(16)13(11(12)15)19-14(2,3)4/h5-6H,1-4H3. The van der Waals surface area contributed by atoms with Gasteiger partial charge in [0, 0.05) is 16.2 Å². The Kier molecular flexibility index (Phi) is 3.67. The maximum absolute atomic E-state index is 14.2. The average molecular weight is 301 g/mol. The van der Waals surface area contributed by atoms with Gasteiger partial charge >= 0.3 is 5.63 Å². The SMILES string of the molecule is Cc1cc(=O)oc2c(Cl)c(SC(C)(C)C)c(F)cc12. The summed E-state index contributed by atoms with van der Waals surface area (Å²) in [6.45, 7) is 7.61. The van der Waals surface area contributed by atoms with Crippen molar-refractivity contribution in [1.82, 2.24) is 0 Å². The molecule has 0 saturated heterocycles. The van der Waals surface area contributed by atoms with Crippen LogP contribution in [0.25, 0.3) is 11.0 Å². The molecule has 1 aromatic heterocycles.